The van der Waals surface area contributed by atoms with Gasteiger partial charge in [-0.05, 0) is 22.8 Å². The van der Waals surface area contributed by atoms with Crippen molar-refractivity contribution in [2.24, 2.45) is 11.7 Å². The van der Waals surface area contributed by atoms with Crippen LogP contribution in [0.2, 0.25) is 0 Å². The number of esters is 1. The topological polar surface area (TPSA) is 190 Å². The standard InChI is InChI=1S/C35H41N4O8PS/c1-46-32(40)16-17-49-23-27(34(42)38-30(33(36)41)19-26-20-37-29-15-9-8-14-28(26)29)22-48(44,45)31(18-24-10-4-2-5-11-24)39-35(43)47-21-25-12-6-3-7-13-25/h2-15,20,27,30-31,37H,16-19,21-23H2,1H3,(H2,36,41)(H,38,42)(H,39,43)(H,44,45)/t27?,30-,31+/m0/s1. The van der Waals surface area contributed by atoms with Gasteiger partial charge in [0.25, 0.3) is 0 Å². The van der Waals surface area contributed by atoms with Crippen molar-refractivity contribution in [2.75, 3.05) is 24.8 Å². The number of carbonyl (C=O) groups excluding carboxylic acids is 4. The summed E-state index contributed by atoms with van der Waals surface area (Å²) in [5, 5.41) is 6.13. The molecule has 6 N–H and O–H groups in total. The summed E-state index contributed by atoms with van der Waals surface area (Å²) >= 11 is 1.23. The summed E-state index contributed by atoms with van der Waals surface area (Å²) in [6.45, 7) is -0.0484. The predicted molar refractivity (Wildman–Crippen MR) is 189 cm³/mol. The molecular formula is C35H41N4O8PS. The highest BCUT2D eigenvalue weighted by molar-refractivity contribution is 7.99. The molecule has 0 bridgehead atoms. The van der Waals surface area contributed by atoms with E-state index in [2.05, 4.69) is 15.6 Å². The van der Waals surface area contributed by atoms with Crippen LogP contribution in [0.25, 0.3) is 10.9 Å². The highest BCUT2D eigenvalue weighted by Gasteiger charge is 2.38. The zero-order chi connectivity index (χ0) is 35.2. The number of para-hydroxylation sites is 1. The number of benzene rings is 3. The highest BCUT2D eigenvalue weighted by Crippen LogP contribution is 2.48. The van der Waals surface area contributed by atoms with Gasteiger partial charge in [0.2, 0.25) is 19.2 Å². The number of hydrogen-bond donors (Lipinski definition) is 5. The Morgan fingerprint density at radius 3 is 2.24 bits per heavy atom. The molecule has 4 aromatic rings. The number of nitrogens with one attached hydrogen (secondary N) is 3. The fourth-order valence-electron chi connectivity index (χ4n) is 5.20. The zero-order valence-corrected chi connectivity index (χ0v) is 28.8. The molecule has 0 fully saturated rings. The molecule has 3 amide bonds. The Morgan fingerprint density at radius 1 is 0.918 bits per heavy atom. The number of hydrogen-bond acceptors (Lipinski definition) is 8. The molecule has 0 radical (unpaired) electrons. The summed E-state index contributed by atoms with van der Waals surface area (Å²) in [5.41, 5.74) is 8.76. The Kier molecular flexibility index (Phi) is 13.9. The first-order valence-electron chi connectivity index (χ1n) is 15.7. The van der Waals surface area contributed by atoms with Gasteiger partial charge in [-0.3, -0.25) is 18.9 Å². The van der Waals surface area contributed by atoms with E-state index in [0.717, 1.165) is 22.0 Å². The molecule has 2 unspecified atom stereocenters. The van der Waals surface area contributed by atoms with E-state index < -0.39 is 55.2 Å². The van der Waals surface area contributed by atoms with Gasteiger partial charge in [-0.15, -0.1) is 0 Å². The van der Waals surface area contributed by atoms with Crippen LogP contribution in [0.15, 0.2) is 91.1 Å². The molecule has 14 heteroatoms. The first-order valence-corrected chi connectivity index (χ1v) is 18.7. The van der Waals surface area contributed by atoms with E-state index in [4.69, 9.17) is 15.2 Å². The first-order chi connectivity index (χ1) is 23.6. The Hall–Kier alpha value is -4.58. The number of H-pyrrole nitrogens is 1. The number of amides is 3. The van der Waals surface area contributed by atoms with Gasteiger partial charge >= 0.3 is 12.1 Å². The van der Waals surface area contributed by atoms with Gasteiger partial charge in [0.1, 0.15) is 18.4 Å². The van der Waals surface area contributed by atoms with Crippen LogP contribution in [0, 0.1) is 5.92 Å². The van der Waals surface area contributed by atoms with Gasteiger partial charge in [-0.1, -0.05) is 78.9 Å². The van der Waals surface area contributed by atoms with Crippen molar-refractivity contribution in [2.45, 2.75) is 37.7 Å². The molecule has 12 nitrogen and oxygen atoms in total. The van der Waals surface area contributed by atoms with Gasteiger partial charge < -0.3 is 35.7 Å². The van der Waals surface area contributed by atoms with Crippen molar-refractivity contribution >= 4 is 53.9 Å². The molecule has 3 aromatic carbocycles. The van der Waals surface area contributed by atoms with Gasteiger partial charge in [0.05, 0.1) is 19.4 Å². The Labute approximate surface area is 289 Å². The van der Waals surface area contributed by atoms with Gasteiger partial charge in [-0.25, -0.2) is 4.79 Å². The Balaban J connectivity index is 1.53. The monoisotopic (exact) mass is 708 g/mol. The fraction of sp³-hybridized carbons (Fsp3) is 0.314. The SMILES string of the molecule is COC(=O)CCSCC(CP(=O)(O)[C@H](Cc1ccccc1)NC(=O)OCc1ccccc1)C(=O)N[C@@H](Cc1c[nH]c2ccccc12)C(N)=O. The second-order valence-electron chi connectivity index (χ2n) is 11.5. The minimum absolute atomic E-state index is 0.0106. The summed E-state index contributed by atoms with van der Waals surface area (Å²) in [4.78, 5) is 65.6. The van der Waals surface area contributed by atoms with Crippen molar-refractivity contribution in [1.82, 2.24) is 15.6 Å². The van der Waals surface area contributed by atoms with Crippen LogP contribution in [0.1, 0.15) is 23.1 Å². The van der Waals surface area contributed by atoms with Crippen molar-refractivity contribution < 1.29 is 38.1 Å². The quantitative estimate of drug-likeness (QED) is 0.0568. The first kappa shape index (κ1) is 37.2. The summed E-state index contributed by atoms with van der Waals surface area (Å²) in [6.07, 6.45) is 0.478. The number of methoxy groups -OCH3 is 1. The van der Waals surface area contributed by atoms with Crippen LogP contribution in [0.3, 0.4) is 0 Å². The van der Waals surface area contributed by atoms with Crippen LogP contribution >= 0.6 is 19.1 Å². The van der Waals surface area contributed by atoms with Gasteiger partial charge in [0, 0.05) is 47.6 Å². The molecule has 0 saturated carbocycles. The van der Waals surface area contributed by atoms with Gasteiger partial charge in [0.15, 0.2) is 0 Å². The van der Waals surface area contributed by atoms with Crippen LogP contribution < -0.4 is 16.4 Å². The number of aromatic amines is 1. The maximum atomic E-state index is 14.2. The minimum atomic E-state index is -4.36. The smallest absolute Gasteiger partial charge is 0.408 e. The average molecular weight is 709 g/mol. The van der Waals surface area contributed by atoms with E-state index >= 15 is 0 Å². The number of primary amides is 1. The van der Waals surface area contributed by atoms with Crippen molar-refractivity contribution in [1.29, 1.82) is 0 Å². The molecule has 0 saturated heterocycles. The van der Waals surface area contributed by atoms with E-state index in [1.807, 2.05) is 30.3 Å². The zero-order valence-electron chi connectivity index (χ0n) is 27.1. The summed E-state index contributed by atoms with van der Waals surface area (Å²) in [6, 6.07) is 24.2. The van der Waals surface area contributed by atoms with Crippen molar-refractivity contribution in [3.63, 3.8) is 0 Å². The normalized spacial score (nSPS) is 14.2. The van der Waals surface area contributed by atoms with E-state index in [0.29, 0.717) is 5.56 Å². The third kappa shape index (κ3) is 11.5. The number of thioether (sulfide) groups is 1. The number of aromatic nitrogens is 1. The predicted octanol–water partition coefficient (Wildman–Crippen LogP) is 4.36. The van der Waals surface area contributed by atoms with E-state index in [1.165, 1.54) is 18.9 Å². The fourth-order valence-corrected chi connectivity index (χ4v) is 8.39. The lowest BCUT2D eigenvalue weighted by atomic mass is 10.0. The lowest BCUT2D eigenvalue weighted by Crippen LogP contribution is -2.49. The number of rotatable bonds is 18. The molecule has 0 aliphatic heterocycles. The van der Waals surface area contributed by atoms with E-state index in [1.54, 1.807) is 60.8 Å². The maximum Gasteiger partial charge on any atom is 0.408 e. The number of alkyl carbamates (subject to hydrolysis) is 1. The Bertz CT molecular complexity index is 1750. The van der Waals surface area contributed by atoms with Crippen LogP contribution in [0.5, 0.6) is 0 Å². The second-order valence-corrected chi connectivity index (χ2v) is 15.1. The summed E-state index contributed by atoms with van der Waals surface area (Å²) in [5.74, 6) is -3.92. The van der Waals surface area contributed by atoms with Crippen molar-refractivity contribution in [3.05, 3.63) is 108 Å². The molecule has 1 aromatic heterocycles. The Morgan fingerprint density at radius 2 is 1.57 bits per heavy atom. The average Bonchev–Trinajstić information content (AvgIpc) is 3.51. The highest BCUT2D eigenvalue weighted by atomic mass is 32.2. The third-order valence-corrected chi connectivity index (χ3v) is 11.2. The third-order valence-electron chi connectivity index (χ3n) is 7.86. The molecule has 0 spiro atoms. The maximum absolute atomic E-state index is 14.2. The summed E-state index contributed by atoms with van der Waals surface area (Å²) < 4.78 is 24.2. The number of nitrogens with two attached hydrogens (primary N) is 1. The molecule has 0 aliphatic carbocycles. The van der Waals surface area contributed by atoms with Crippen LogP contribution in [-0.4, -0.2) is 70.4 Å². The molecule has 260 valence electrons. The number of carbonyl (C=O) groups is 4. The molecule has 4 rings (SSSR count). The van der Waals surface area contributed by atoms with E-state index in [9.17, 15) is 28.6 Å². The van der Waals surface area contributed by atoms with Crippen LogP contribution in [-0.2, 0) is 47.9 Å². The lowest BCUT2D eigenvalue weighted by molar-refractivity contribution is -0.140. The van der Waals surface area contributed by atoms with Gasteiger partial charge in [-0.2, -0.15) is 11.8 Å². The molecule has 49 heavy (non-hydrogen) atoms. The summed E-state index contributed by atoms with van der Waals surface area (Å²) in [7, 11) is -3.08. The molecule has 0 aliphatic rings. The molecular weight excluding hydrogens is 667 g/mol. The van der Waals surface area contributed by atoms with E-state index in [-0.39, 0.29) is 37.4 Å². The largest absolute Gasteiger partial charge is 0.469 e. The number of ether oxygens (including phenoxy) is 2. The van der Waals surface area contributed by atoms with Crippen LogP contribution in [0.4, 0.5) is 4.79 Å². The molecule has 4 atom stereocenters. The second kappa shape index (κ2) is 18.3. The van der Waals surface area contributed by atoms with Crippen molar-refractivity contribution in [3.8, 4) is 0 Å². The number of fused-ring (bicyclic) bond motifs is 1. The lowest BCUT2D eigenvalue weighted by Gasteiger charge is -2.28. The molecule has 1 heterocycles. The minimum Gasteiger partial charge on any atom is -0.469 e.